The third-order valence-electron chi connectivity index (χ3n) is 3.20. The first kappa shape index (κ1) is 17.4. The van der Waals surface area contributed by atoms with Crippen molar-refractivity contribution in [2.75, 3.05) is 25.4 Å². The Kier molecular flexibility index (Phi) is 5.97. The lowest BCUT2D eigenvalue weighted by atomic mass is 10.1. The Labute approximate surface area is 121 Å². The molecule has 0 saturated carbocycles. The van der Waals surface area contributed by atoms with E-state index in [4.69, 9.17) is 4.74 Å². The molecule has 0 atom stereocenters. The van der Waals surface area contributed by atoms with Gasteiger partial charge in [-0.3, -0.25) is 4.79 Å². The second kappa shape index (κ2) is 6.87. The molecule has 0 aromatic heterocycles. The van der Waals surface area contributed by atoms with Crippen LogP contribution in [-0.2, 0) is 19.6 Å². The van der Waals surface area contributed by atoms with E-state index in [-0.39, 0.29) is 29.9 Å². The Balaban J connectivity index is 2.37. The topological polar surface area (TPSA) is 75.7 Å². The third-order valence-corrected chi connectivity index (χ3v) is 4.66. The lowest BCUT2D eigenvalue weighted by Crippen LogP contribution is -2.48. The van der Waals surface area contributed by atoms with Crippen LogP contribution in [0.1, 0.15) is 40.5 Å². The van der Waals surface area contributed by atoms with E-state index in [9.17, 15) is 13.2 Å². The smallest absolute Gasteiger partial charge is 0.248 e. The molecule has 0 aliphatic carbocycles. The number of piperidine rings is 1. The molecule has 0 spiro atoms. The first-order valence-corrected chi connectivity index (χ1v) is 8.70. The van der Waals surface area contributed by atoms with Gasteiger partial charge in [0.15, 0.2) is 0 Å². The summed E-state index contributed by atoms with van der Waals surface area (Å²) >= 11 is 0. The van der Waals surface area contributed by atoms with Gasteiger partial charge in [-0.25, -0.2) is 13.1 Å². The van der Waals surface area contributed by atoms with Gasteiger partial charge >= 0.3 is 0 Å². The lowest BCUT2D eigenvalue weighted by molar-refractivity contribution is -0.142. The van der Waals surface area contributed by atoms with Crippen molar-refractivity contribution >= 4 is 15.9 Å². The molecule has 1 saturated heterocycles. The van der Waals surface area contributed by atoms with Gasteiger partial charge in [0.1, 0.15) is 6.61 Å². The molecule has 7 heteroatoms. The molecular formula is C13H26N2O4S. The summed E-state index contributed by atoms with van der Waals surface area (Å²) < 4.78 is 31.1. The van der Waals surface area contributed by atoms with Gasteiger partial charge in [-0.15, -0.1) is 0 Å². The first-order chi connectivity index (χ1) is 9.13. The SMILES string of the molecule is CCS(=O)(=O)NC1CCN(C(=O)COC(C)(C)C)CC1. The fourth-order valence-corrected chi connectivity index (χ4v) is 2.86. The van der Waals surface area contributed by atoms with Crippen molar-refractivity contribution in [3.63, 3.8) is 0 Å². The molecule has 1 aliphatic heterocycles. The van der Waals surface area contributed by atoms with Gasteiger partial charge in [-0.1, -0.05) is 0 Å². The molecule has 20 heavy (non-hydrogen) atoms. The molecule has 0 radical (unpaired) electrons. The standard InChI is InChI=1S/C13H26N2O4S/c1-5-20(17,18)14-11-6-8-15(9-7-11)12(16)10-19-13(2,3)4/h11,14H,5-10H2,1-4H3. The second-order valence-corrected chi connectivity index (χ2v) is 8.12. The maximum absolute atomic E-state index is 12.0. The zero-order valence-corrected chi connectivity index (χ0v) is 13.6. The lowest BCUT2D eigenvalue weighted by Gasteiger charge is -2.32. The summed E-state index contributed by atoms with van der Waals surface area (Å²) in [7, 11) is -3.16. The largest absolute Gasteiger partial charge is 0.366 e. The van der Waals surface area contributed by atoms with Crippen molar-refractivity contribution in [1.82, 2.24) is 9.62 Å². The molecule has 6 nitrogen and oxygen atoms in total. The molecule has 1 N–H and O–H groups in total. The molecule has 0 bridgehead atoms. The van der Waals surface area contributed by atoms with Crippen molar-refractivity contribution < 1.29 is 17.9 Å². The summed E-state index contributed by atoms with van der Waals surface area (Å²) in [6.07, 6.45) is 1.31. The number of ether oxygens (including phenoxy) is 1. The number of nitrogens with zero attached hydrogens (tertiary/aromatic N) is 1. The minimum atomic E-state index is -3.16. The van der Waals surface area contributed by atoms with Crippen LogP contribution in [0.25, 0.3) is 0 Å². The highest BCUT2D eigenvalue weighted by Gasteiger charge is 2.26. The van der Waals surface area contributed by atoms with Crippen molar-refractivity contribution in [3.8, 4) is 0 Å². The number of carbonyl (C=O) groups excluding carboxylic acids is 1. The molecule has 1 rings (SSSR count). The van der Waals surface area contributed by atoms with Crippen LogP contribution < -0.4 is 4.72 Å². The summed E-state index contributed by atoms with van der Waals surface area (Å²) in [6, 6.07) is -0.0625. The molecule has 1 heterocycles. The maximum Gasteiger partial charge on any atom is 0.248 e. The fourth-order valence-electron chi connectivity index (χ4n) is 1.95. The van der Waals surface area contributed by atoms with Crippen LogP contribution in [0.2, 0.25) is 0 Å². The minimum absolute atomic E-state index is 0.0308. The highest BCUT2D eigenvalue weighted by atomic mass is 32.2. The van der Waals surface area contributed by atoms with Gasteiger partial charge in [-0.2, -0.15) is 0 Å². The molecular weight excluding hydrogens is 280 g/mol. The molecule has 1 amide bonds. The van der Waals surface area contributed by atoms with E-state index in [1.807, 2.05) is 20.8 Å². The van der Waals surface area contributed by atoms with Gasteiger partial charge in [0.05, 0.1) is 11.4 Å². The van der Waals surface area contributed by atoms with E-state index in [0.29, 0.717) is 25.9 Å². The zero-order valence-electron chi connectivity index (χ0n) is 12.8. The van der Waals surface area contributed by atoms with Crippen LogP contribution in [-0.4, -0.2) is 56.3 Å². The van der Waals surface area contributed by atoms with E-state index in [1.54, 1.807) is 11.8 Å². The number of nitrogens with one attached hydrogen (secondary N) is 1. The van der Waals surface area contributed by atoms with E-state index in [0.717, 1.165) is 0 Å². The highest BCUT2D eigenvalue weighted by molar-refractivity contribution is 7.89. The average molecular weight is 306 g/mol. The van der Waals surface area contributed by atoms with Crippen LogP contribution in [0.4, 0.5) is 0 Å². The monoisotopic (exact) mass is 306 g/mol. The number of hydrogen-bond acceptors (Lipinski definition) is 4. The number of carbonyl (C=O) groups is 1. The fraction of sp³-hybridized carbons (Fsp3) is 0.923. The van der Waals surface area contributed by atoms with Crippen LogP contribution in [0, 0.1) is 0 Å². The Morgan fingerprint density at radius 1 is 1.30 bits per heavy atom. The van der Waals surface area contributed by atoms with Gasteiger partial charge in [-0.05, 0) is 40.5 Å². The van der Waals surface area contributed by atoms with Crippen LogP contribution in [0.5, 0.6) is 0 Å². The Hall–Kier alpha value is -0.660. The molecule has 0 aromatic rings. The zero-order chi connectivity index (χ0) is 15.4. The molecule has 118 valence electrons. The molecule has 0 aromatic carbocycles. The van der Waals surface area contributed by atoms with Gasteiger partial charge in [0, 0.05) is 19.1 Å². The minimum Gasteiger partial charge on any atom is -0.366 e. The van der Waals surface area contributed by atoms with E-state index in [2.05, 4.69) is 4.72 Å². The highest BCUT2D eigenvalue weighted by Crippen LogP contribution is 2.13. The van der Waals surface area contributed by atoms with E-state index < -0.39 is 10.0 Å². The van der Waals surface area contributed by atoms with Crippen LogP contribution in [0.3, 0.4) is 0 Å². The van der Waals surface area contributed by atoms with E-state index in [1.165, 1.54) is 0 Å². The summed E-state index contributed by atoms with van der Waals surface area (Å²) in [5.41, 5.74) is -0.329. The van der Waals surface area contributed by atoms with Gasteiger partial charge in [0.2, 0.25) is 15.9 Å². The van der Waals surface area contributed by atoms with Gasteiger partial charge < -0.3 is 9.64 Å². The van der Waals surface area contributed by atoms with Gasteiger partial charge in [0.25, 0.3) is 0 Å². The number of rotatable bonds is 5. The first-order valence-electron chi connectivity index (χ1n) is 7.04. The number of sulfonamides is 1. The van der Waals surface area contributed by atoms with Crippen molar-refractivity contribution in [2.24, 2.45) is 0 Å². The summed E-state index contributed by atoms with van der Waals surface area (Å²) in [5, 5.41) is 0. The Bertz CT molecular complexity index is 420. The van der Waals surface area contributed by atoms with Crippen molar-refractivity contribution in [1.29, 1.82) is 0 Å². The summed E-state index contributed by atoms with van der Waals surface area (Å²) in [5.74, 6) is 0.0580. The third kappa shape index (κ3) is 6.19. The normalized spacial score (nSPS) is 18.3. The predicted molar refractivity (Wildman–Crippen MR) is 77.9 cm³/mol. The summed E-state index contributed by atoms with van der Waals surface area (Å²) in [6.45, 7) is 8.57. The molecule has 0 unspecified atom stereocenters. The summed E-state index contributed by atoms with van der Waals surface area (Å²) in [4.78, 5) is 13.7. The Morgan fingerprint density at radius 3 is 2.30 bits per heavy atom. The Morgan fingerprint density at radius 2 is 1.85 bits per heavy atom. The number of amides is 1. The maximum atomic E-state index is 12.0. The van der Waals surface area contributed by atoms with Crippen LogP contribution in [0.15, 0.2) is 0 Å². The van der Waals surface area contributed by atoms with E-state index >= 15 is 0 Å². The average Bonchev–Trinajstić information content (AvgIpc) is 2.35. The number of likely N-dealkylation sites (tertiary alicyclic amines) is 1. The van der Waals surface area contributed by atoms with Crippen LogP contribution >= 0.6 is 0 Å². The molecule has 1 fully saturated rings. The van der Waals surface area contributed by atoms with Crippen molar-refractivity contribution in [2.45, 2.75) is 52.2 Å². The predicted octanol–water partition coefficient (Wildman–Crippen LogP) is 0.732. The van der Waals surface area contributed by atoms with Crippen molar-refractivity contribution in [3.05, 3.63) is 0 Å². The second-order valence-electron chi connectivity index (χ2n) is 6.08. The molecule has 1 aliphatic rings. The quantitative estimate of drug-likeness (QED) is 0.812. The number of hydrogen-bond donors (Lipinski definition) is 1.